The highest BCUT2D eigenvalue weighted by molar-refractivity contribution is 9.10. The van der Waals surface area contributed by atoms with Gasteiger partial charge < -0.3 is 10.5 Å². The van der Waals surface area contributed by atoms with Crippen molar-refractivity contribution in [1.82, 2.24) is 4.98 Å². The summed E-state index contributed by atoms with van der Waals surface area (Å²) in [6, 6.07) is -0.370. The lowest BCUT2D eigenvalue weighted by Crippen LogP contribution is -2.17. The van der Waals surface area contributed by atoms with Gasteiger partial charge in [0.1, 0.15) is 9.61 Å². The van der Waals surface area contributed by atoms with Gasteiger partial charge in [0.2, 0.25) is 0 Å². The van der Waals surface area contributed by atoms with Crippen LogP contribution in [0.25, 0.3) is 0 Å². The van der Waals surface area contributed by atoms with Gasteiger partial charge in [-0.05, 0) is 22.9 Å². The number of carbonyl (C=O) groups is 1. The molecular weight excluding hydrogens is 268 g/mol. The highest BCUT2D eigenvalue weighted by atomic mass is 79.9. The molecule has 6 heteroatoms. The van der Waals surface area contributed by atoms with E-state index in [2.05, 4.69) is 20.9 Å². The molecule has 1 heterocycles. The predicted molar refractivity (Wildman–Crippen MR) is 58.0 cm³/mol. The molecule has 1 aromatic heterocycles. The standard InChI is InChI=1S/C8H11BrN2O2S/c1-2-13-7(12)3-5(10)8-11-6(9)4-14-8/h4-5H,2-3,10H2,1H3. The minimum absolute atomic E-state index is 0.174. The molecule has 2 N–H and O–H groups in total. The third-order valence-corrected chi connectivity index (χ3v) is 3.19. The number of thiazole rings is 1. The highest BCUT2D eigenvalue weighted by Gasteiger charge is 2.15. The van der Waals surface area contributed by atoms with Gasteiger partial charge in [-0.2, -0.15) is 0 Å². The molecule has 1 atom stereocenters. The number of rotatable bonds is 4. The molecule has 4 nitrogen and oxygen atoms in total. The van der Waals surface area contributed by atoms with E-state index in [1.54, 1.807) is 6.92 Å². The lowest BCUT2D eigenvalue weighted by Gasteiger charge is -2.06. The monoisotopic (exact) mass is 278 g/mol. The Morgan fingerprint density at radius 2 is 2.57 bits per heavy atom. The second-order valence-corrected chi connectivity index (χ2v) is 4.33. The van der Waals surface area contributed by atoms with Crippen LogP contribution in [0.5, 0.6) is 0 Å². The smallest absolute Gasteiger partial charge is 0.307 e. The van der Waals surface area contributed by atoms with E-state index in [0.29, 0.717) is 6.61 Å². The number of carbonyl (C=O) groups excluding carboxylic acids is 1. The number of hydrogen-bond acceptors (Lipinski definition) is 5. The highest BCUT2D eigenvalue weighted by Crippen LogP contribution is 2.22. The molecule has 0 saturated heterocycles. The van der Waals surface area contributed by atoms with E-state index in [4.69, 9.17) is 10.5 Å². The van der Waals surface area contributed by atoms with Crippen molar-refractivity contribution < 1.29 is 9.53 Å². The van der Waals surface area contributed by atoms with Crippen molar-refractivity contribution in [3.05, 3.63) is 15.0 Å². The van der Waals surface area contributed by atoms with Crippen molar-refractivity contribution in [1.29, 1.82) is 0 Å². The third-order valence-electron chi connectivity index (χ3n) is 1.50. The second-order valence-electron chi connectivity index (χ2n) is 2.62. The summed E-state index contributed by atoms with van der Waals surface area (Å²) in [5.41, 5.74) is 5.77. The van der Waals surface area contributed by atoms with Crippen molar-refractivity contribution in [3.63, 3.8) is 0 Å². The van der Waals surface area contributed by atoms with Gasteiger partial charge in [0.25, 0.3) is 0 Å². The maximum atomic E-state index is 11.1. The zero-order valence-corrected chi connectivity index (χ0v) is 10.1. The molecule has 0 spiro atoms. The average molecular weight is 279 g/mol. The summed E-state index contributed by atoms with van der Waals surface area (Å²) in [7, 11) is 0. The maximum absolute atomic E-state index is 11.1. The zero-order valence-electron chi connectivity index (χ0n) is 7.70. The van der Waals surface area contributed by atoms with Gasteiger partial charge in [0, 0.05) is 5.38 Å². The van der Waals surface area contributed by atoms with E-state index in [-0.39, 0.29) is 18.4 Å². The Kier molecular flexibility index (Phi) is 4.50. The first-order valence-electron chi connectivity index (χ1n) is 4.15. The summed E-state index contributed by atoms with van der Waals surface area (Å²) in [6.07, 6.45) is 0.174. The van der Waals surface area contributed by atoms with Crippen LogP contribution in [0.1, 0.15) is 24.4 Å². The quantitative estimate of drug-likeness (QED) is 0.854. The first-order chi connectivity index (χ1) is 6.63. The predicted octanol–water partition coefficient (Wildman–Crippen LogP) is 1.86. The Morgan fingerprint density at radius 3 is 3.07 bits per heavy atom. The molecule has 0 aromatic carbocycles. The van der Waals surface area contributed by atoms with Crippen LogP contribution < -0.4 is 5.73 Å². The molecule has 0 aliphatic heterocycles. The van der Waals surface area contributed by atoms with Crippen molar-refractivity contribution in [3.8, 4) is 0 Å². The number of ether oxygens (including phenoxy) is 1. The zero-order chi connectivity index (χ0) is 10.6. The molecule has 0 amide bonds. The molecule has 0 aliphatic rings. The summed E-state index contributed by atoms with van der Waals surface area (Å²) in [5, 5.41) is 2.57. The SMILES string of the molecule is CCOC(=O)CC(N)c1nc(Br)cs1. The largest absolute Gasteiger partial charge is 0.466 e. The summed E-state index contributed by atoms with van der Waals surface area (Å²) in [5.74, 6) is -0.286. The normalized spacial score (nSPS) is 12.5. The average Bonchev–Trinajstić information content (AvgIpc) is 2.52. The fourth-order valence-corrected chi connectivity index (χ4v) is 2.19. The molecule has 0 fully saturated rings. The summed E-state index contributed by atoms with van der Waals surface area (Å²) < 4.78 is 5.53. The first-order valence-corrected chi connectivity index (χ1v) is 5.83. The van der Waals surface area contributed by atoms with Gasteiger partial charge in [-0.3, -0.25) is 4.79 Å². The molecule has 0 radical (unpaired) electrons. The Morgan fingerprint density at radius 1 is 1.86 bits per heavy atom. The van der Waals surface area contributed by atoms with Crippen LogP contribution in [0.15, 0.2) is 9.98 Å². The molecule has 0 saturated carbocycles. The molecule has 1 aromatic rings. The van der Waals surface area contributed by atoms with E-state index in [0.717, 1.165) is 9.61 Å². The van der Waals surface area contributed by atoms with Gasteiger partial charge in [-0.25, -0.2) is 4.98 Å². The molecular formula is C8H11BrN2O2S. The first kappa shape index (κ1) is 11.6. The fraction of sp³-hybridized carbons (Fsp3) is 0.500. The number of halogens is 1. The number of aromatic nitrogens is 1. The fourth-order valence-electron chi connectivity index (χ4n) is 0.924. The van der Waals surface area contributed by atoms with Crippen LogP contribution in [-0.4, -0.2) is 17.6 Å². The topological polar surface area (TPSA) is 65.2 Å². The van der Waals surface area contributed by atoms with Crippen molar-refractivity contribution in [2.24, 2.45) is 5.73 Å². The minimum atomic E-state index is -0.370. The summed E-state index contributed by atoms with van der Waals surface area (Å²) in [6.45, 7) is 2.15. The molecule has 1 rings (SSSR count). The second kappa shape index (κ2) is 5.43. The molecule has 0 aliphatic carbocycles. The lowest BCUT2D eigenvalue weighted by molar-refractivity contribution is -0.143. The Balaban J connectivity index is 2.50. The summed E-state index contributed by atoms with van der Waals surface area (Å²) in [4.78, 5) is 15.2. The van der Waals surface area contributed by atoms with Crippen LogP contribution in [0, 0.1) is 0 Å². The van der Waals surface area contributed by atoms with Crippen molar-refractivity contribution >= 4 is 33.2 Å². The molecule has 1 unspecified atom stereocenters. The van der Waals surface area contributed by atoms with Gasteiger partial charge in [-0.15, -0.1) is 11.3 Å². The van der Waals surface area contributed by atoms with Crippen LogP contribution in [0.2, 0.25) is 0 Å². The molecule has 14 heavy (non-hydrogen) atoms. The van der Waals surface area contributed by atoms with Crippen LogP contribution in [0.3, 0.4) is 0 Å². The van der Waals surface area contributed by atoms with Crippen LogP contribution in [-0.2, 0) is 9.53 Å². The number of hydrogen-bond donors (Lipinski definition) is 1. The number of nitrogens with zero attached hydrogens (tertiary/aromatic N) is 1. The van der Waals surface area contributed by atoms with E-state index in [1.165, 1.54) is 11.3 Å². The van der Waals surface area contributed by atoms with Gasteiger partial charge in [0.15, 0.2) is 0 Å². The Hall–Kier alpha value is -0.460. The van der Waals surface area contributed by atoms with Crippen molar-refractivity contribution in [2.75, 3.05) is 6.61 Å². The molecule has 78 valence electrons. The minimum Gasteiger partial charge on any atom is -0.466 e. The Labute approximate surface area is 94.6 Å². The van der Waals surface area contributed by atoms with E-state index < -0.39 is 0 Å². The van der Waals surface area contributed by atoms with E-state index >= 15 is 0 Å². The van der Waals surface area contributed by atoms with Crippen LogP contribution >= 0.6 is 27.3 Å². The van der Waals surface area contributed by atoms with Crippen molar-refractivity contribution in [2.45, 2.75) is 19.4 Å². The van der Waals surface area contributed by atoms with Crippen LogP contribution in [0.4, 0.5) is 0 Å². The maximum Gasteiger partial charge on any atom is 0.307 e. The van der Waals surface area contributed by atoms with E-state index in [1.807, 2.05) is 5.38 Å². The third kappa shape index (κ3) is 3.36. The van der Waals surface area contributed by atoms with E-state index in [9.17, 15) is 4.79 Å². The molecule has 0 bridgehead atoms. The number of esters is 1. The lowest BCUT2D eigenvalue weighted by atomic mass is 10.2. The van der Waals surface area contributed by atoms with Gasteiger partial charge >= 0.3 is 5.97 Å². The van der Waals surface area contributed by atoms with Gasteiger partial charge in [0.05, 0.1) is 19.1 Å². The number of nitrogens with two attached hydrogens (primary N) is 1. The Bertz CT molecular complexity index is 316. The summed E-state index contributed by atoms with van der Waals surface area (Å²) >= 11 is 4.65. The van der Waals surface area contributed by atoms with Gasteiger partial charge in [-0.1, -0.05) is 0 Å².